The lowest BCUT2D eigenvalue weighted by Crippen LogP contribution is -2.12. The molecule has 0 fully saturated rings. The number of carbonyl (C=O) groups excluding carboxylic acids is 1. The topological polar surface area (TPSA) is 74.4 Å². The molecule has 0 aliphatic heterocycles. The van der Waals surface area contributed by atoms with Gasteiger partial charge in [-0.3, -0.25) is 0 Å². The van der Waals surface area contributed by atoms with Gasteiger partial charge in [-0.05, 0) is 39.3 Å². The van der Waals surface area contributed by atoms with Gasteiger partial charge in [-0.15, -0.1) is 0 Å². The smallest absolute Gasteiger partial charge is 0.358 e. The minimum atomic E-state index is -0.826. The lowest BCUT2D eigenvalue weighted by molar-refractivity contribution is 0.0594. The average Bonchev–Trinajstić information content (AvgIpc) is 2.56. The van der Waals surface area contributed by atoms with Crippen molar-refractivity contribution in [3.8, 4) is 0 Å². The van der Waals surface area contributed by atoms with E-state index in [2.05, 4.69) is 16.3 Å². The summed E-state index contributed by atoms with van der Waals surface area (Å²) in [5, 5.41) is -0.286. The second-order valence-corrected chi connectivity index (χ2v) is 5.92. The third-order valence-electron chi connectivity index (χ3n) is 3.15. The van der Waals surface area contributed by atoms with E-state index in [0.29, 0.717) is 16.9 Å². The fraction of sp³-hybridized carbons (Fsp3) is 0.333. The largest absolute Gasteiger partial charge is 0.491 e. The molecular formula is C18H22ClFN2O3. The van der Waals surface area contributed by atoms with Crippen LogP contribution in [0.25, 0.3) is 5.57 Å². The number of pyridine rings is 1. The SMILES string of the molecule is C=C(C)/C(=C\C(=C/C)c1nc(C(=O)OC)c(Cl)c(N)c1F)OC(C)C. The van der Waals surface area contributed by atoms with Crippen LogP contribution in [-0.4, -0.2) is 24.2 Å². The summed E-state index contributed by atoms with van der Waals surface area (Å²) < 4.78 is 24.9. The summed E-state index contributed by atoms with van der Waals surface area (Å²) >= 11 is 5.91. The molecule has 0 saturated heterocycles. The quantitative estimate of drug-likeness (QED) is 0.453. The molecule has 0 spiro atoms. The Morgan fingerprint density at radius 1 is 1.40 bits per heavy atom. The molecule has 0 radical (unpaired) electrons. The van der Waals surface area contributed by atoms with E-state index in [1.807, 2.05) is 13.8 Å². The monoisotopic (exact) mass is 368 g/mol. The van der Waals surface area contributed by atoms with Gasteiger partial charge in [0.2, 0.25) is 0 Å². The molecule has 7 heteroatoms. The number of esters is 1. The maximum absolute atomic E-state index is 14.6. The lowest BCUT2D eigenvalue weighted by atomic mass is 10.1. The molecular weight excluding hydrogens is 347 g/mol. The van der Waals surface area contributed by atoms with Gasteiger partial charge in [-0.1, -0.05) is 24.3 Å². The highest BCUT2D eigenvalue weighted by molar-refractivity contribution is 6.35. The minimum absolute atomic E-state index is 0.0974. The standard InChI is InChI=1S/C18H22ClFN2O3/c1-7-11(8-12(9(2)3)25-10(4)5)16-14(20)15(21)13(19)17(22-16)18(23)24-6/h7-8,10H,2H2,1,3-6H3,(H2,21,22)/b11-7+,12-8+. The van der Waals surface area contributed by atoms with E-state index in [9.17, 15) is 9.18 Å². The fourth-order valence-electron chi connectivity index (χ4n) is 1.93. The zero-order chi connectivity index (χ0) is 19.3. The van der Waals surface area contributed by atoms with Gasteiger partial charge in [0.15, 0.2) is 11.5 Å². The second-order valence-electron chi connectivity index (χ2n) is 5.54. The van der Waals surface area contributed by atoms with Gasteiger partial charge in [-0.2, -0.15) is 0 Å². The van der Waals surface area contributed by atoms with Crippen LogP contribution in [0.1, 0.15) is 43.9 Å². The minimum Gasteiger partial charge on any atom is -0.491 e. The van der Waals surface area contributed by atoms with E-state index in [-0.39, 0.29) is 28.2 Å². The third kappa shape index (κ3) is 4.82. The summed E-state index contributed by atoms with van der Waals surface area (Å²) in [5.41, 5.74) is 5.95. The Kier molecular flexibility index (Phi) is 7.18. The summed E-state index contributed by atoms with van der Waals surface area (Å²) in [4.78, 5) is 15.8. The first-order valence-electron chi connectivity index (χ1n) is 7.57. The van der Waals surface area contributed by atoms with Crippen LogP contribution in [0.5, 0.6) is 0 Å². The molecule has 1 aromatic rings. The summed E-state index contributed by atoms with van der Waals surface area (Å²) in [6.45, 7) is 11.0. The molecule has 136 valence electrons. The first kappa shape index (κ1) is 20.7. The zero-order valence-corrected chi connectivity index (χ0v) is 15.7. The Hall–Kier alpha value is -2.34. The van der Waals surface area contributed by atoms with Crippen LogP contribution in [0, 0.1) is 5.82 Å². The van der Waals surface area contributed by atoms with Crippen LogP contribution in [0.4, 0.5) is 10.1 Å². The third-order valence-corrected chi connectivity index (χ3v) is 3.53. The van der Waals surface area contributed by atoms with E-state index in [0.717, 1.165) is 0 Å². The average molecular weight is 369 g/mol. The highest BCUT2D eigenvalue weighted by Gasteiger charge is 2.23. The molecule has 0 aliphatic rings. The Balaban J connectivity index is 3.58. The van der Waals surface area contributed by atoms with Gasteiger partial charge in [0.25, 0.3) is 0 Å². The van der Waals surface area contributed by atoms with Gasteiger partial charge < -0.3 is 15.2 Å². The highest BCUT2D eigenvalue weighted by Crippen LogP contribution is 2.31. The Labute approximate surface area is 152 Å². The van der Waals surface area contributed by atoms with Crippen molar-refractivity contribution in [1.82, 2.24) is 4.98 Å². The Morgan fingerprint density at radius 3 is 2.44 bits per heavy atom. The molecule has 0 amide bonds. The molecule has 0 aromatic carbocycles. The number of hydrogen-bond acceptors (Lipinski definition) is 5. The van der Waals surface area contributed by atoms with E-state index in [4.69, 9.17) is 22.1 Å². The van der Waals surface area contributed by atoms with Gasteiger partial charge in [0, 0.05) is 5.57 Å². The van der Waals surface area contributed by atoms with Crippen LogP contribution in [0.3, 0.4) is 0 Å². The number of rotatable bonds is 6. The molecule has 0 unspecified atom stereocenters. The van der Waals surface area contributed by atoms with Gasteiger partial charge in [-0.25, -0.2) is 14.2 Å². The fourth-order valence-corrected chi connectivity index (χ4v) is 2.13. The van der Waals surface area contributed by atoms with E-state index in [1.54, 1.807) is 26.0 Å². The zero-order valence-electron chi connectivity index (χ0n) is 14.9. The van der Waals surface area contributed by atoms with Crippen LogP contribution < -0.4 is 5.73 Å². The summed E-state index contributed by atoms with van der Waals surface area (Å²) in [5.74, 6) is -1.17. The van der Waals surface area contributed by atoms with E-state index >= 15 is 0 Å². The molecule has 1 aromatic heterocycles. The van der Waals surface area contributed by atoms with Crippen molar-refractivity contribution in [2.75, 3.05) is 12.8 Å². The Morgan fingerprint density at radius 2 is 2.00 bits per heavy atom. The molecule has 0 aliphatic carbocycles. The highest BCUT2D eigenvalue weighted by atomic mass is 35.5. The summed E-state index contributed by atoms with van der Waals surface area (Å²) in [7, 11) is 1.17. The number of ether oxygens (including phenoxy) is 2. The van der Waals surface area contributed by atoms with Gasteiger partial charge in [0.05, 0.1) is 23.9 Å². The molecule has 1 rings (SSSR count). The predicted molar refractivity (Wildman–Crippen MR) is 97.7 cm³/mol. The van der Waals surface area contributed by atoms with Crippen molar-refractivity contribution in [3.63, 3.8) is 0 Å². The number of anilines is 1. The van der Waals surface area contributed by atoms with Crippen LogP contribution in [0.2, 0.25) is 5.02 Å². The summed E-state index contributed by atoms with van der Waals surface area (Å²) in [6.07, 6.45) is 3.11. The molecule has 5 nitrogen and oxygen atoms in total. The van der Waals surface area contributed by atoms with Crippen molar-refractivity contribution >= 4 is 28.8 Å². The van der Waals surface area contributed by atoms with E-state index in [1.165, 1.54) is 7.11 Å². The van der Waals surface area contributed by atoms with Crippen LogP contribution in [0.15, 0.2) is 30.1 Å². The van der Waals surface area contributed by atoms with Crippen molar-refractivity contribution < 1.29 is 18.7 Å². The van der Waals surface area contributed by atoms with Crippen LogP contribution in [-0.2, 0) is 9.47 Å². The van der Waals surface area contributed by atoms with Crippen molar-refractivity contribution in [3.05, 3.63) is 52.3 Å². The molecule has 0 saturated carbocycles. The van der Waals surface area contributed by atoms with Gasteiger partial charge in [0.1, 0.15) is 11.5 Å². The van der Waals surface area contributed by atoms with Crippen molar-refractivity contribution in [2.45, 2.75) is 33.8 Å². The normalized spacial score (nSPS) is 12.3. The first-order valence-corrected chi connectivity index (χ1v) is 7.95. The van der Waals surface area contributed by atoms with Crippen LogP contribution >= 0.6 is 11.6 Å². The molecule has 0 atom stereocenters. The molecule has 2 N–H and O–H groups in total. The number of aromatic nitrogens is 1. The van der Waals surface area contributed by atoms with Crippen molar-refractivity contribution in [2.24, 2.45) is 0 Å². The van der Waals surface area contributed by atoms with Gasteiger partial charge >= 0.3 is 5.97 Å². The van der Waals surface area contributed by atoms with Crippen molar-refractivity contribution in [1.29, 1.82) is 0 Å². The Bertz CT molecular complexity index is 755. The number of methoxy groups -OCH3 is 1. The second kappa shape index (κ2) is 8.67. The molecule has 1 heterocycles. The predicted octanol–water partition coefficient (Wildman–Crippen LogP) is 4.53. The molecule has 25 heavy (non-hydrogen) atoms. The number of carbonyl (C=O) groups is 1. The number of nitrogen functional groups attached to an aromatic ring is 1. The number of hydrogen-bond donors (Lipinski definition) is 1. The lowest BCUT2D eigenvalue weighted by Gasteiger charge is -2.15. The summed E-state index contributed by atoms with van der Waals surface area (Å²) in [6, 6.07) is 0. The number of nitrogens with two attached hydrogens (primary N) is 1. The maximum atomic E-state index is 14.6. The number of allylic oxidation sites excluding steroid dienone is 4. The van der Waals surface area contributed by atoms with E-state index < -0.39 is 11.8 Å². The first-order chi connectivity index (χ1) is 11.6. The number of nitrogens with zero attached hydrogens (tertiary/aromatic N) is 1. The maximum Gasteiger partial charge on any atom is 0.358 e. The molecule has 0 bridgehead atoms. The number of halogens is 2.